The molecule has 118 valence electrons. The molecule has 1 heterocycles. The van der Waals surface area contributed by atoms with Gasteiger partial charge in [0.1, 0.15) is 5.82 Å². The van der Waals surface area contributed by atoms with E-state index in [-0.39, 0.29) is 5.82 Å². The second-order valence-corrected chi connectivity index (χ2v) is 6.00. The van der Waals surface area contributed by atoms with Gasteiger partial charge in [0.05, 0.1) is 12.8 Å². The molecule has 1 N–H and O–H groups in total. The summed E-state index contributed by atoms with van der Waals surface area (Å²) in [5.74, 6) is 0.841. The number of hydrogen-bond donors (Lipinski definition) is 1. The monoisotopic (exact) mass is 294 g/mol. The van der Waals surface area contributed by atoms with Gasteiger partial charge in [-0.25, -0.2) is 9.37 Å². The van der Waals surface area contributed by atoms with Gasteiger partial charge < -0.3 is 10.1 Å². The molecule has 21 heavy (non-hydrogen) atoms. The largest absolute Gasteiger partial charge is 0.477 e. The molecule has 3 nitrogen and oxygen atoms in total. The van der Waals surface area contributed by atoms with Crippen LogP contribution in [0.15, 0.2) is 12.3 Å². The summed E-state index contributed by atoms with van der Waals surface area (Å²) in [5, 5.41) is 3.39. The van der Waals surface area contributed by atoms with E-state index in [1.54, 1.807) is 0 Å². The van der Waals surface area contributed by atoms with Crippen molar-refractivity contribution in [3.63, 3.8) is 0 Å². The van der Waals surface area contributed by atoms with E-state index in [0.29, 0.717) is 31.0 Å². The zero-order valence-electron chi connectivity index (χ0n) is 13.2. The van der Waals surface area contributed by atoms with Crippen LogP contribution >= 0.6 is 0 Å². The highest BCUT2D eigenvalue weighted by Crippen LogP contribution is 2.23. The van der Waals surface area contributed by atoms with Crippen LogP contribution in [0.3, 0.4) is 0 Å². The highest BCUT2D eigenvalue weighted by Gasteiger charge is 2.21. The third-order valence-electron chi connectivity index (χ3n) is 4.05. The van der Waals surface area contributed by atoms with Gasteiger partial charge in [0.2, 0.25) is 5.88 Å². The number of ether oxygens (including phenoxy) is 1. The van der Waals surface area contributed by atoms with Crippen molar-refractivity contribution in [2.45, 2.75) is 65.0 Å². The summed E-state index contributed by atoms with van der Waals surface area (Å²) in [5.41, 5.74) is 0.826. The van der Waals surface area contributed by atoms with E-state index in [0.717, 1.165) is 12.0 Å². The lowest BCUT2D eigenvalue weighted by Gasteiger charge is -2.17. The predicted octanol–water partition coefficient (Wildman–Crippen LogP) is 4.07. The maximum absolute atomic E-state index is 13.4. The molecule has 1 atom stereocenters. The minimum atomic E-state index is -0.298. The normalized spacial score (nSPS) is 16.0. The molecule has 1 fully saturated rings. The zero-order valence-corrected chi connectivity index (χ0v) is 13.2. The van der Waals surface area contributed by atoms with Gasteiger partial charge in [-0.05, 0) is 31.2 Å². The van der Waals surface area contributed by atoms with Gasteiger partial charge in [-0.15, -0.1) is 0 Å². The van der Waals surface area contributed by atoms with Crippen molar-refractivity contribution in [3.8, 4) is 5.88 Å². The maximum Gasteiger partial charge on any atom is 0.218 e. The molecular weight excluding hydrogens is 267 g/mol. The molecule has 0 aromatic carbocycles. The molecule has 2 rings (SSSR count). The van der Waals surface area contributed by atoms with Crippen molar-refractivity contribution < 1.29 is 9.13 Å². The lowest BCUT2D eigenvalue weighted by molar-refractivity contribution is 0.223. The van der Waals surface area contributed by atoms with Gasteiger partial charge in [-0.3, -0.25) is 0 Å². The Morgan fingerprint density at radius 2 is 2.24 bits per heavy atom. The van der Waals surface area contributed by atoms with Crippen molar-refractivity contribution in [3.05, 3.63) is 23.6 Å². The van der Waals surface area contributed by atoms with Gasteiger partial charge in [0.15, 0.2) is 0 Å². The Morgan fingerprint density at radius 3 is 2.90 bits per heavy atom. The van der Waals surface area contributed by atoms with Crippen LogP contribution in [0.5, 0.6) is 5.88 Å². The summed E-state index contributed by atoms with van der Waals surface area (Å²) < 4.78 is 19.3. The molecule has 0 spiro atoms. The highest BCUT2D eigenvalue weighted by molar-refractivity contribution is 5.26. The molecule has 0 saturated heterocycles. The molecule has 0 aliphatic heterocycles. The molecule has 1 aliphatic rings. The first kappa shape index (κ1) is 16.2. The SMILES string of the molecule is CCCCC(CC)COc1ncc(F)cc1CNC1CC1. The minimum Gasteiger partial charge on any atom is -0.477 e. The topological polar surface area (TPSA) is 34.1 Å². The number of rotatable bonds is 10. The fourth-order valence-corrected chi connectivity index (χ4v) is 2.36. The van der Waals surface area contributed by atoms with Crippen LogP contribution in [-0.4, -0.2) is 17.6 Å². The molecule has 4 heteroatoms. The Hall–Kier alpha value is -1.16. The second kappa shape index (κ2) is 8.32. The van der Waals surface area contributed by atoms with Crippen LogP contribution < -0.4 is 10.1 Å². The van der Waals surface area contributed by atoms with E-state index in [2.05, 4.69) is 24.1 Å². The van der Waals surface area contributed by atoms with Gasteiger partial charge in [0.25, 0.3) is 0 Å². The first-order chi connectivity index (χ1) is 10.2. The van der Waals surface area contributed by atoms with E-state index in [1.807, 2.05) is 0 Å². The van der Waals surface area contributed by atoms with Crippen LogP contribution in [0.1, 0.15) is 57.9 Å². The predicted molar refractivity (Wildman–Crippen MR) is 82.9 cm³/mol. The number of unbranched alkanes of at least 4 members (excludes halogenated alkanes) is 1. The van der Waals surface area contributed by atoms with Crippen molar-refractivity contribution in [2.75, 3.05) is 6.61 Å². The minimum absolute atomic E-state index is 0.298. The van der Waals surface area contributed by atoms with Gasteiger partial charge in [-0.1, -0.05) is 33.1 Å². The Kier molecular flexibility index (Phi) is 6.43. The molecule has 0 amide bonds. The van der Waals surface area contributed by atoms with Gasteiger partial charge in [0, 0.05) is 18.2 Å². The van der Waals surface area contributed by atoms with Crippen LogP contribution in [0.2, 0.25) is 0 Å². The van der Waals surface area contributed by atoms with E-state index in [4.69, 9.17) is 4.74 Å². The summed E-state index contributed by atoms with van der Waals surface area (Å²) in [7, 11) is 0. The first-order valence-electron chi connectivity index (χ1n) is 8.23. The Balaban J connectivity index is 1.90. The lowest BCUT2D eigenvalue weighted by atomic mass is 10.0. The molecule has 0 radical (unpaired) electrons. The Labute approximate surface area is 127 Å². The van der Waals surface area contributed by atoms with E-state index in [1.165, 1.54) is 44.4 Å². The maximum atomic E-state index is 13.4. The van der Waals surface area contributed by atoms with Crippen molar-refractivity contribution in [1.82, 2.24) is 10.3 Å². The number of nitrogens with one attached hydrogen (secondary N) is 1. The van der Waals surface area contributed by atoms with E-state index < -0.39 is 0 Å². The summed E-state index contributed by atoms with van der Waals surface area (Å²) in [4.78, 5) is 4.13. The van der Waals surface area contributed by atoms with Crippen LogP contribution in [0.4, 0.5) is 4.39 Å². The first-order valence-corrected chi connectivity index (χ1v) is 8.23. The molecule has 1 saturated carbocycles. The quantitative estimate of drug-likeness (QED) is 0.706. The summed E-state index contributed by atoms with van der Waals surface area (Å²) >= 11 is 0. The Bertz CT molecular complexity index is 435. The number of nitrogens with zero attached hydrogens (tertiary/aromatic N) is 1. The molecule has 1 aromatic heterocycles. The van der Waals surface area contributed by atoms with Crippen LogP contribution in [0, 0.1) is 11.7 Å². The average Bonchev–Trinajstić information content (AvgIpc) is 3.31. The van der Waals surface area contributed by atoms with Crippen LogP contribution in [0.25, 0.3) is 0 Å². The van der Waals surface area contributed by atoms with E-state index in [9.17, 15) is 4.39 Å². The fourth-order valence-electron chi connectivity index (χ4n) is 2.36. The number of pyridine rings is 1. The average molecular weight is 294 g/mol. The molecular formula is C17H27FN2O. The lowest BCUT2D eigenvalue weighted by Crippen LogP contribution is -2.18. The van der Waals surface area contributed by atoms with Crippen LogP contribution in [-0.2, 0) is 6.54 Å². The molecule has 1 aliphatic carbocycles. The summed E-state index contributed by atoms with van der Waals surface area (Å²) in [6.07, 6.45) is 8.40. The highest BCUT2D eigenvalue weighted by atomic mass is 19.1. The fraction of sp³-hybridized carbons (Fsp3) is 0.706. The molecule has 1 aromatic rings. The van der Waals surface area contributed by atoms with Crippen molar-refractivity contribution >= 4 is 0 Å². The number of halogens is 1. The smallest absolute Gasteiger partial charge is 0.218 e. The third kappa shape index (κ3) is 5.62. The summed E-state index contributed by atoms with van der Waals surface area (Å²) in [6, 6.07) is 2.12. The molecule has 1 unspecified atom stereocenters. The third-order valence-corrected chi connectivity index (χ3v) is 4.05. The van der Waals surface area contributed by atoms with Crippen molar-refractivity contribution in [2.24, 2.45) is 5.92 Å². The number of hydrogen-bond acceptors (Lipinski definition) is 3. The van der Waals surface area contributed by atoms with Crippen molar-refractivity contribution in [1.29, 1.82) is 0 Å². The summed E-state index contributed by atoms with van der Waals surface area (Å²) in [6.45, 7) is 5.70. The standard InChI is InChI=1S/C17H27FN2O/c1-3-5-6-13(4-2)12-21-17-14(9-15(18)11-20-17)10-19-16-7-8-16/h9,11,13,16,19H,3-8,10,12H2,1-2H3. The molecule has 0 bridgehead atoms. The van der Waals surface area contributed by atoms with E-state index >= 15 is 0 Å². The second-order valence-electron chi connectivity index (χ2n) is 6.00. The number of aromatic nitrogens is 1. The van der Waals surface area contributed by atoms with Gasteiger partial charge in [-0.2, -0.15) is 0 Å². The Morgan fingerprint density at radius 1 is 1.43 bits per heavy atom. The zero-order chi connectivity index (χ0) is 15.1. The van der Waals surface area contributed by atoms with Gasteiger partial charge >= 0.3 is 0 Å².